The predicted octanol–water partition coefficient (Wildman–Crippen LogP) is 7.16. The minimum atomic E-state index is -0.784. The molecule has 2 fully saturated rings. The largest absolute Gasteiger partial charge is 0.481 e. The third-order valence-electron chi connectivity index (χ3n) is 10.3. The Labute approximate surface area is 321 Å². The molecule has 2 aliphatic rings. The van der Waals surface area contributed by atoms with E-state index < -0.39 is 12.3 Å². The van der Waals surface area contributed by atoms with Gasteiger partial charge < -0.3 is 29.9 Å². The lowest BCUT2D eigenvalue weighted by atomic mass is 9.98. The summed E-state index contributed by atoms with van der Waals surface area (Å²) in [4.78, 5) is 38.5. The number of non-ortho nitro benzene ring substituents is 1. The lowest BCUT2D eigenvalue weighted by Crippen LogP contribution is -2.49. The Bertz CT molecular complexity index is 1880. The molecule has 2 aliphatic heterocycles. The molecule has 12 nitrogen and oxygen atoms in total. The number of carboxylic acid groups (broad SMARTS) is 1. The molecule has 2 saturated heterocycles. The smallest absolute Gasteiger partial charge is 0.303 e. The molecule has 0 spiro atoms. The van der Waals surface area contributed by atoms with Gasteiger partial charge in [0.25, 0.3) is 5.69 Å². The summed E-state index contributed by atoms with van der Waals surface area (Å²) in [5.74, 6) is -0.799. The number of carbonyl (C=O) groups excluding carboxylic acids is 1. The Hall–Kier alpha value is -5.14. The number of anilines is 1. The van der Waals surface area contributed by atoms with E-state index in [2.05, 4.69) is 39.4 Å². The van der Waals surface area contributed by atoms with Gasteiger partial charge in [-0.2, -0.15) is 0 Å². The number of piperazine rings is 1. The monoisotopic (exact) mass is 750 g/mol. The number of aliphatic carboxylic acids is 1. The van der Waals surface area contributed by atoms with Gasteiger partial charge in [-0.25, -0.2) is 0 Å². The fraction of sp³-hybridized carbons (Fsp3) is 0.395. The van der Waals surface area contributed by atoms with Crippen LogP contribution < -0.4 is 10.2 Å². The van der Waals surface area contributed by atoms with Crippen LogP contribution in [0.2, 0.25) is 0 Å². The Kier molecular flexibility index (Phi) is 14.0. The van der Waals surface area contributed by atoms with Gasteiger partial charge in [-0.15, -0.1) is 0 Å². The van der Waals surface area contributed by atoms with Crippen molar-refractivity contribution in [3.05, 3.63) is 129 Å². The Morgan fingerprint density at radius 1 is 0.782 bits per heavy atom. The highest BCUT2D eigenvalue weighted by molar-refractivity contribution is 5.76. The number of aliphatic hydroxyl groups is 1. The molecular weight excluding hydrogens is 700 g/mol. The number of ether oxygens (including phenoxy) is 2. The topological polar surface area (TPSA) is 155 Å². The van der Waals surface area contributed by atoms with Gasteiger partial charge in [0, 0.05) is 81.9 Å². The molecule has 2 heterocycles. The Morgan fingerprint density at radius 3 is 2.16 bits per heavy atom. The van der Waals surface area contributed by atoms with Crippen LogP contribution in [0, 0.1) is 10.1 Å². The quantitative estimate of drug-likeness (QED) is 0.0575. The second-order valence-electron chi connectivity index (χ2n) is 14.3. The van der Waals surface area contributed by atoms with Crippen LogP contribution >= 0.6 is 0 Å². The van der Waals surface area contributed by atoms with Crippen LogP contribution in [0.15, 0.2) is 97.1 Å². The first-order valence-electron chi connectivity index (χ1n) is 19.1. The van der Waals surface area contributed by atoms with Crippen molar-refractivity contribution in [3.8, 4) is 11.1 Å². The van der Waals surface area contributed by atoms with Gasteiger partial charge in [-0.1, -0.05) is 73.5 Å². The second-order valence-corrected chi connectivity index (χ2v) is 14.3. The van der Waals surface area contributed by atoms with Gasteiger partial charge >= 0.3 is 5.97 Å². The van der Waals surface area contributed by atoms with Crippen LogP contribution in [0.25, 0.3) is 11.1 Å². The standard InChI is InChI=1S/C43H50N4O8/c48-30-31-13-15-33(16-14-31)40-27-39(29-45-21-23-46(24-22-45)37-17-19-38(20-18-37)47(52)53)54-43(55-40)36-10-6-9-35(26-36)34-8-5-7-32(25-34)28-44-41(49)11-3-1-2-4-12-42(50)51/h5-10,13-20,25-26,39-40,43,48H,1-4,11-12,21-24,27-30H2,(H,44,49)(H,50,51)/t39-,40+,43+/m1/s1. The maximum absolute atomic E-state index is 12.5. The molecule has 0 saturated carbocycles. The summed E-state index contributed by atoms with van der Waals surface area (Å²) in [6.45, 7) is 4.40. The van der Waals surface area contributed by atoms with Crippen LogP contribution in [-0.2, 0) is 32.2 Å². The number of amides is 1. The lowest BCUT2D eigenvalue weighted by Gasteiger charge is -2.41. The molecule has 3 atom stereocenters. The number of hydrogen-bond acceptors (Lipinski definition) is 9. The Balaban J connectivity index is 1.09. The number of nitro benzene ring substituents is 1. The first-order chi connectivity index (χ1) is 26.7. The van der Waals surface area contributed by atoms with Gasteiger partial charge in [0.05, 0.1) is 23.7 Å². The van der Waals surface area contributed by atoms with Crippen molar-refractivity contribution in [3.63, 3.8) is 0 Å². The molecule has 0 unspecified atom stereocenters. The maximum atomic E-state index is 12.5. The average Bonchev–Trinajstić information content (AvgIpc) is 3.21. The predicted molar refractivity (Wildman–Crippen MR) is 209 cm³/mol. The van der Waals surface area contributed by atoms with Crippen LogP contribution in [0.5, 0.6) is 0 Å². The maximum Gasteiger partial charge on any atom is 0.303 e. The number of carboxylic acids is 1. The number of hydrogen-bond donors (Lipinski definition) is 3. The molecule has 0 radical (unpaired) electrons. The summed E-state index contributed by atoms with van der Waals surface area (Å²) in [6, 6.07) is 30.9. The molecule has 6 rings (SSSR count). The zero-order valence-electron chi connectivity index (χ0n) is 31.1. The Morgan fingerprint density at radius 2 is 1.47 bits per heavy atom. The van der Waals surface area contributed by atoms with Gasteiger partial charge in [0.15, 0.2) is 6.29 Å². The third-order valence-corrected chi connectivity index (χ3v) is 10.3. The summed E-state index contributed by atoms with van der Waals surface area (Å²) in [7, 11) is 0. The number of nitrogens with one attached hydrogen (secondary N) is 1. The van der Waals surface area contributed by atoms with E-state index in [1.54, 1.807) is 12.1 Å². The summed E-state index contributed by atoms with van der Waals surface area (Å²) < 4.78 is 13.4. The average molecular weight is 751 g/mol. The van der Waals surface area contributed by atoms with E-state index in [-0.39, 0.29) is 41.8 Å². The van der Waals surface area contributed by atoms with Crippen molar-refractivity contribution in [1.82, 2.24) is 10.2 Å². The SMILES string of the molecule is O=C(O)CCCCCCC(=O)NCc1cccc(-c2cccc([C@H]3O[C@@H](CN4CCN(c5ccc([N+](=O)[O-])cc5)CC4)C[C@@H](c4ccc(CO)cc4)O3)c2)c1. The van der Waals surface area contributed by atoms with Crippen LogP contribution in [0.4, 0.5) is 11.4 Å². The van der Waals surface area contributed by atoms with Gasteiger partial charge in [-0.05, 0) is 64.9 Å². The number of aliphatic hydroxyl groups excluding tert-OH is 1. The van der Waals surface area contributed by atoms with Crippen molar-refractivity contribution >= 4 is 23.3 Å². The fourth-order valence-corrected chi connectivity index (χ4v) is 7.22. The highest BCUT2D eigenvalue weighted by Gasteiger charge is 2.34. The van der Waals surface area contributed by atoms with Crippen molar-refractivity contribution in [2.24, 2.45) is 0 Å². The minimum Gasteiger partial charge on any atom is -0.481 e. The molecule has 4 aromatic carbocycles. The number of nitro groups is 1. The van der Waals surface area contributed by atoms with E-state index in [0.717, 1.165) is 91.1 Å². The summed E-state index contributed by atoms with van der Waals surface area (Å²) in [5.41, 5.74) is 6.86. The molecule has 12 heteroatoms. The molecule has 290 valence electrons. The molecule has 0 bridgehead atoms. The van der Waals surface area contributed by atoms with E-state index in [4.69, 9.17) is 14.6 Å². The molecule has 3 N–H and O–H groups in total. The van der Waals surface area contributed by atoms with Crippen LogP contribution in [-0.4, -0.2) is 70.7 Å². The first-order valence-corrected chi connectivity index (χ1v) is 19.1. The highest BCUT2D eigenvalue weighted by Crippen LogP contribution is 2.39. The molecule has 4 aromatic rings. The van der Waals surface area contributed by atoms with Crippen molar-refractivity contribution in [2.75, 3.05) is 37.6 Å². The minimum absolute atomic E-state index is 0.0151. The summed E-state index contributed by atoms with van der Waals surface area (Å²) in [6.07, 6.45) is 3.36. The van der Waals surface area contributed by atoms with Gasteiger partial charge in [0.1, 0.15) is 0 Å². The van der Waals surface area contributed by atoms with Crippen LogP contribution in [0.3, 0.4) is 0 Å². The number of rotatable bonds is 17. The normalized spacial score (nSPS) is 18.9. The molecule has 55 heavy (non-hydrogen) atoms. The van der Waals surface area contributed by atoms with Crippen molar-refractivity contribution in [2.45, 2.75) is 76.6 Å². The van der Waals surface area contributed by atoms with Gasteiger partial charge in [0.2, 0.25) is 5.91 Å². The van der Waals surface area contributed by atoms with Crippen molar-refractivity contribution < 1.29 is 34.2 Å². The number of nitrogens with zero attached hydrogens (tertiary/aromatic N) is 3. The summed E-state index contributed by atoms with van der Waals surface area (Å²) in [5, 5.41) is 32.5. The number of carbonyl (C=O) groups is 2. The first kappa shape index (κ1) is 39.6. The van der Waals surface area contributed by atoms with E-state index >= 15 is 0 Å². The van der Waals surface area contributed by atoms with E-state index in [1.807, 2.05) is 60.7 Å². The van der Waals surface area contributed by atoms with Crippen LogP contribution in [0.1, 0.15) is 79.6 Å². The zero-order chi connectivity index (χ0) is 38.6. The van der Waals surface area contributed by atoms with E-state index in [0.29, 0.717) is 25.8 Å². The van der Waals surface area contributed by atoms with Gasteiger partial charge in [-0.3, -0.25) is 24.6 Å². The second kappa shape index (κ2) is 19.4. The van der Waals surface area contributed by atoms with E-state index in [1.165, 1.54) is 0 Å². The molecule has 1 amide bonds. The number of unbranched alkanes of at least 4 members (excludes halogenated alkanes) is 3. The molecular formula is C43H50N4O8. The molecule has 0 aliphatic carbocycles. The lowest BCUT2D eigenvalue weighted by molar-refractivity contribution is -0.384. The zero-order valence-corrected chi connectivity index (χ0v) is 31.1. The third kappa shape index (κ3) is 11.4. The van der Waals surface area contributed by atoms with E-state index in [9.17, 15) is 24.8 Å². The highest BCUT2D eigenvalue weighted by atomic mass is 16.7. The molecule has 0 aromatic heterocycles. The fourth-order valence-electron chi connectivity index (χ4n) is 7.22. The summed E-state index contributed by atoms with van der Waals surface area (Å²) >= 11 is 0. The van der Waals surface area contributed by atoms with Crippen molar-refractivity contribution in [1.29, 1.82) is 0 Å². The number of benzene rings is 4.